The molecular weight excluding hydrogens is 339 g/mol. The van der Waals surface area contributed by atoms with Crippen LogP contribution in [0.25, 0.3) is 0 Å². The second-order valence-electron chi connectivity index (χ2n) is 4.53. The van der Waals surface area contributed by atoms with Crippen LogP contribution in [0.3, 0.4) is 0 Å². The monoisotopic (exact) mass is 347 g/mol. The lowest BCUT2D eigenvalue weighted by Gasteiger charge is -2.14. The Hall–Kier alpha value is -2.55. The molecule has 0 atom stereocenters. The van der Waals surface area contributed by atoms with Crippen molar-refractivity contribution in [3.05, 3.63) is 61.4 Å². The number of aromatic amines is 2. The maximum atomic E-state index is 12.9. The number of alkyl halides is 3. The summed E-state index contributed by atoms with van der Waals surface area (Å²) in [5.74, 6) is -0.834. The van der Waals surface area contributed by atoms with Gasteiger partial charge in [0.05, 0.1) is 17.7 Å². The van der Waals surface area contributed by atoms with E-state index >= 15 is 0 Å². The van der Waals surface area contributed by atoms with E-state index in [1.807, 2.05) is 4.98 Å². The minimum atomic E-state index is -4.70. The first-order valence-electron chi connectivity index (χ1n) is 6.14. The average Bonchev–Trinajstić information content (AvgIpc) is 2.38. The number of rotatable bonds is 3. The Balaban J connectivity index is 2.24. The molecule has 1 aromatic heterocycles. The molecule has 122 valence electrons. The van der Waals surface area contributed by atoms with E-state index in [4.69, 9.17) is 11.6 Å². The lowest BCUT2D eigenvalue weighted by atomic mass is 10.1. The smallest absolute Gasteiger partial charge is 0.325 e. The highest BCUT2D eigenvalue weighted by Gasteiger charge is 2.34. The Kier molecular flexibility index (Phi) is 4.60. The Labute approximate surface area is 131 Å². The van der Waals surface area contributed by atoms with E-state index in [0.717, 1.165) is 12.1 Å². The number of carbonyl (C=O) groups is 1. The van der Waals surface area contributed by atoms with Gasteiger partial charge in [0.1, 0.15) is 0 Å². The molecule has 2 aromatic rings. The normalized spacial score (nSPS) is 11.3. The number of H-pyrrole nitrogens is 2. The highest BCUT2D eigenvalue weighted by atomic mass is 35.5. The number of aromatic nitrogens is 2. The van der Waals surface area contributed by atoms with Crippen molar-refractivity contribution in [3.63, 3.8) is 0 Å². The van der Waals surface area contributed by atoms with Crippen LogP contribution in [0.15, 0.2) is 33.9 Å². The molecule has 0 unspecified atom stereocenters. The van der Waals surface area contributed by atoms with Crippen LogP contribution in [0.4, 0.5) is 18.9 Å². The number of benzene rings is 1. The van der Waals surface area contributed by atoms with Crippen molar-refractivity contribution in [2.75, 3.05) is 5.32 Å². The fourth-order valence-corrected chi connectivity index (χ4v) is 2.01. The van der Waals surface area contributed by atoms with E-state index in [1.165, 1.54) is 6.07 Å². The Morgan fingerprint density at radius 1 is 1.17 bits per heavy atom. The van der Waals surface area contributed by atoms with Gasteiger partial charge in [-0.3, -0.25) is 14.6 Å². The summed E-state index contributed by atoms with van der Waals surface area (Å²) in [5.41, 5.74) is -3.14. The minimum absolute atomic E-state index is 0.0289. The van der Waals surface area contributed by atoms with Gasteiger partial charge in [0, 0.05) is 16.8 Å². The number of hydrogen-bond acceptors (Lipinski definition) is 3. The molecule has 6 nitrogen and oxygen atoms in total. The molecule has 0 spiro atoms. The fourth-order valence-electron chi connectivity index (χ4n) is 1.84. The molecular formula is C13H9ClF3N3O3. The summed E-state index contributed by atoms with van der Waals surface area (Å²) in [4.78, 5) is 38.1. The quantitative estimate of drug-likeness (QED) is 0.791. The number of hydrogen-bond donors (Lipinski definition) is 3. The number of halogens is 4. The van der Waals surface area contributed by atoms with Crippen LogP contribution < -0.4 is 16.6 Å². The lowest BCUT2D eigenvalue weighted by molar-refractivity contribution is -0.137. The summed E-state index contributed by atoms with van der Waals surface area (Å²) in [6, 6.07) is 3.87. The number of nitrogens with one attached hydrogen (secondary N) is 3. The molecule has 1 heterocycles. The Morgan fingerprint density at radius 3 is 2.48 bits per heavy atom. The molecule has 0 radical (unpaired) electrons. The van der Waals surface area contributed by atoms with Crippen LogP contribution in [-0.2, 0) is 17.4 Å². The maximum absolute atomic E-state index is 12.9. The zero-order chi connectivity index (χ0) is 17.2. The van der Waals surface area contributed by atoms with Crippen molar-refractivity contribution in [3.8, 4) is 0 Å². The molecule has 0 aliphatic rings. The van der Waals surface area contributed by atoms with Crippen LogP contribution in [-0.4, -0.2) is 15.9 Å². The fraction of sp³-hybridized carbons (Fsp3) is 0.154. The van der Waals surface area contributed by atoms with Crippen LogP contribution in [0.1, 0.15) is 11.3 Å². The van der Waals surface area contributed by atoms with E-state index in [-0.39, 0.29) is 10.7 Å². The van der Waals surface area contributed by atoms with E-state index in [0.29, 0.717) is 6.07 Å². The third-order valence-electron chi connectivity index (χ3n) is 2.73. The Morgan fingerprint density at radius 2 is 1.87 bits per heavy atom. The summed E-state index contributed by atoms with van der Waals surface area (Å²) in [6.45, 7) is 0. The predicted molar refractivity (Wildman–Crippen MR) is 76.5 cm³/mol. The zero-order valence-corrected chi connectivity index (χ0v) is 12.0. The van der Waals surface area contributed by atoms with Crippen molar-refractivity contribution in [1.82, 2.24) is 9.97 Å². The summed E-state index contributed by atoms with van der Waals surface area (Å²) in [5, 5.41) is 1.95. The Bertz CT molecular complexity index is 830. The molecule has 0 bridgehead atoms. The SMILES string of the molecule is O=C(Cc1cc(=O)[nH]c(=O)[nH]1)Nc1ccc(Cl)cc1C(F)(F)F. The molecule has 0 aliphatic heterocycles. The van der Waals surface area contributed by atoms with Crippen LogP contribution in [0.2, 0.25) is 5.02 Å². The lowest BCUT2D eigenvalue weighted by Crippen LogP contribution is -2.26. The molecule has 10 heteroatoms. The van der Waals surface area contributed by atoms with Gasteiger partial charge >= 0.3 is 11.9 Å². The molecule has 2 rings (SSSR count). The average molecular weight is 348 g/mol. The summed E-state index contributed by atoms with van der Waals surface area (Å²) < 4.78 is 38.7. The molecule has 1 aromatic carbocycles. The first kappa shape index (κ1) is 16.8. The van der Waals surface area contributed by atoms with Gasteiger partial charge in [-0.15, -0.1) is 0 Å². The van der Waals surface area contributed by atoms with Gasteiger partial charge in [-0.2, -0.15) is 13.2 Å². The van der Waals surface area contributed by atoms with Gasteiger partial charge < -0.3 is 10.3 Å². The van der Waals surface area contributed by atoms with Crippen molar-refractivity contribution in [1.29, 1.82) is 0 Å². The molecule has 1 amide bonds. The highest BCUT2D eigenvalue weighted by Crippen LogP contribution is 2.36. The van der Waals surface area contributed by atoms with Crippen molar-refractivity contribution < 1.29 is 18.0 Å². The number of anilines is 1. The van der Waals surface area contributed by atoms with Gasteiger partial charge in [-0.1, -0.05) is 11.6 Å². The second-order valence-corrected chi connectivity index (χ2v) is 4.96. The summed E-state index contributed by atoms with van der Waals surface area (Å²) >= 11 is 5.53. The standard InChI is InChI=1S/C13H9ClF3N3O3/c14-6-1-2-9(8(3-6)13(15,16)17)19-10(21)4-7-5-11(22)20-12(23)18-7/h1-3,5H,4H2,(H,19,21)(H2,18,20,22,23). The molecule has 0 saturated heterocycles. The van der Waals surface area contributed by atoms with Crippen LogP contribution in [0, 0.1) is 0 Å². The van der Waals surface area contributed by atoms with E-state index in [1.54, 1.807) is 0 Å². The minimum Gasteiger partial charge on any atom is -0.325 e. The van der Waals surface area contributed by atoms with Crippen LogP contribution >= 0.6 is 11.6 Å². The second kappa shape index (κ2) is 6.29. The van der Waals surface area contributed by atoms with E-state index in [2.05, 4.69) is 10.3 Å². The van der Waals surface area contributed by atoms with Gasteiger partial charge in [0.15, 0.2) is 0 Å². The number of amides is 1. The van der Waals surface area contributed by atoms with Crippen molar-refractivity contribution in [2.45, 2.75) is 12.6 Å². The van der Waals surface area contributed by atoms with Crippen molar-refractivity contribution >= 4 is 23.2 Å². The summed E-state index contributed by atoms with van der Waals surface area (Å²) in [6.07, 6.45) is -5.18. The first-order valence-corrected chi connectivity index (χ1v) is 6.52. The maximum Gasteiger partial charge on any atom is 0.418 e. The third kappa shape index (κ3) is 4.46. The molecule has 0 aliphatic carbocycles. The predicted octanol–water partition coefficient (Wildman–Crippen LogP) is 1.92. The van der Waals surface area contributed by atoms with Gasteiger partial charge in [0.25, 0.3) is 5.56 Å². The van der Waals surface area contributed by atoms with Gasteiger partial charge in [0.2, 0.25) is 5.91 Å². The molecule has 23 heavy (non-hydrogen) atoms. The molecule has 0 fully saturated rings. The molecule has 3 N–H and O–H groups in total. The largest absolute Gasteiger partial charge is 0.418 e. The van der Waals surface area contributed by atoms with Gasteiger partial charge in [-0.05, 0) is 18.2 Å². The number of carbonyl (C=O) groups excluding carboxylic acids is 1. The summed E-state index contributed by atoms with van der Waals surface area (Å²) in [7, 11) is 0. The van der Waals surface area contributed by atoms with E-state index < -0.39 is 41.0 Å². The zero-order valence-electron chi connectivity index (χ0n) is 11.3. The van der Waals surface area contributed by atoms with Crippen molar-refractivity contribution in [2.24, 2.45) is 0 Å². The van der Waals surface area contributed by atoms with Crippen LogP contribution in [0.5, 0.6) is 0 Å². The highest BCUT2D eigenvalue weighted by molar-refractivity contribution is 6.30. The molecule has 0 saturated carbocycles. The van der Waals surface area contributed by atoms with Gasteiger partial charge in [-0.25, -0.2) is 4.79 Å². The third-order valence-corrected chi connectivity index (χ3v) is 2.96. The van der Waals surface area contributed by atoms with E-state index in [9.17, 15) is 27.6 Å². The first-order chi connectivity index (χ1) is 10.6. The topological polar surface area (TPSA) is 94.8 Å².